The molecule has 32 heavy (non-hydrogen) atoms. The molecule has 7 heteroatoms. The molecule has 2 saturated heterocycles. The van der Waals surface area contributed by atoms with Crippen LogP contribution >= 0.6 is 0 Å². The van der Waals surface area contributed by atoms with Gasteiger partial charge in [0, 0.05) is 12.1 Å². The molecule has 4 bridgehead atoms. The number of nitrogens with two attached hydrogens (primary N) is 1. The second-order valence-corrected chi connectivity index (χ2v) is 10.7. The molecule has 4 aliphatic carbocycles. The van der Waals surface area contributed by atoms with Gasteiger partial charge in [0.05, 0.1) is 0 Å². The first-order valence-corrected chi connectivity index (χ1v) is 12.3. The molecular formula is C25H51ClN5O-. The number of amides is 2. The number of carbonyl (C=O) groups excluding carboxylic acids is 1. The highest BCUT2D eigenvalue weighted by Gasteiger charge is 2.51. The van der Waals surface area contributed by atoms with Gasteiger partial charge in [-0.05, 0) is 127 Å². The number of urea groups is 1. The van der Waals surface area contributed by atoms with Gasteiger partial charge in [-0.3, -0.25) is 0 Å². The van der Waals surface area contributed by atoms with Crippen molar-refractivity contribution in [2.24, 2.45) is 35.3 Å². The molecule has 0 spiro atoms. The van der Waals surface area contributed by atoms with Crippen LogP contribution in [-0.2, 0) is 0 Å². The van der Waals surface area contributed by atoms with E-state index < -0.39 is 0 Å². The Morgan fingerprint density at radius 3 is 1.66 bits per heavy atom. The molecule has 6 fully saturated rings. The average molecular weight is 473 g/mol. The summed E-state index contributed by atoms with van der Waals surface area (Å²) in [7, 11) is 0. The maximum Gasteiger partial charge on any atom is 0.315 e. The van der Waals surface area contributed by atoms with Crippen molar-refractivity contribution in [2.45, 2.75) is 84.6 Å². The molecule has 2 aliphatic heterocycles. The molecule has 190 valence electrons. The van der Waals surface area contributed by atoms with E-state index in [1.807, 2.05) is 0 Å². The summed E-state index contributed by atoms with van der Waals surface area (Å²) in [5.74, 6) is 4.13. The molecule has 0 unspecified atom stereocenters. The van der Waals surface area contributed by atoms with E-state index in [-0.39, 0.29) is 38.8 Å². The van der Waals surface area contributed by atoms with Gasteiger partial charge in [-0.2, -0.15) is 0 Å². The number of carbonyl (C=O) groups is 1. The minimum atomic E-state index is 0. The number of rotatable bonds is 4. The lowest BCUT2D eigenvalue weighted by molar-refractivity contribution is -0.0136. The van der Waals surface area contributed by atoms with Crippen LogP contribution in [0.3, 0.4) is 0 Å². The van der Waals surface area contributed by atoms with Crippen LogP contribution in [0.1, 0.15) is 79.1 Å². The summed E-state index contributed by atoms with van der Waals surface area (Å²) < 4.78 is 0. The Kier molecular flexibility index (Phi) is 12.9. The van der Waals surface area contributed by atoms with Gasteiger partial charge in [0.1, 0.15) is 0 Å². The van der Waals surface area contributed by atoms with Gasteiger partial charge in [0.2, 0.25) is 0 Å². The zero-order chi connectivity index (χ0) is 20.1. The molecule has 0 radical (unpaired) electrons. The third-order valence-corrected chi connectivity index (χ3v) is 8.22. The van der Waals surface area contributed by atoms with E-state index >= 15 is 0 Å². The highest BCUT2D eigenvalue weighted by molar-refractivity contribution is 5.74. The molecule has 6 rings (SSSR count). The number of halogens is 1. The lowest BCUT2D eigenvalue weighted by Gasteiger charge is -2.56. The summed E-state index contributed by atoms with van der Waals surface area (Å²) in [6.07, 6.45) is 12.9. The van der Waals surface area contributed by atoms with E-state index in [0.29, 0.717) is 5.92 Å². The van der Waals surface area contributed by atoms with Crippen molar-refractivity contribution >= 4 is 6.03 Å². The van der Waals surface area contributed by atoms with Crippen molar-refractivity contribution < 1.29 is 17.2 Å². The van der Waals surface area contributed by atoms with Crippen LogP contribution < -0.4 is 39.4 Å². The first-order chi connectivity index (χ1) is 14.1. The van der Waals surface area contributed by atoms with Gasteiger partial charge in [-0.1, -0.05) is 14.9 Å². The lowest BCUT2D eigenvalue weighted by Crippen LogP contribution is -3.00. The third kappa shape index (κ3) is 8.03. The maximum atomic E-state index is 12.3. The fourth-order valence-electron chi connectivity index (χ4n) is 6.99. The number of nitrogens with one attached hydrogen (secondary N) is 4. The minimum Gasteiger partial charge on any atom is -1.00 e. The molecule has 0 aromatic rings. The normalized spacial score (nSPS) is 33.5. The van der Waals surface area contributed by atoms with E-state index in [1.54, 1.807) is 0 Å². The molecule has 0 aromatic heterocycles. The first kappa shape index (κ1) is 29.5. The predicted octanol–water partition coefficient (Wildman–Crippen LogP) is 0.475. The Balaban J connectivity index is 0.000000402. The molecule has 6 nitrogen and oxygen atoms in total. The monoisotopic (exact) mass is 472 g/mol. The van der Waals surface area contributed by atoms with E-state index in [1.165, 1.54) is 77.3 Å². The topological polar surface area (TPSA) is 91.2 Å². The van der Waals surface area contributed by atoms with E-state index in [9.17, 15) is 4.79 Å². The summed E-state index contributed by atoms with van der Waals surface area (Å²) in [4.78, 5) is 12.3. The van der Waals surface area contributed by atoms with Crippen LogP contribution in [0.5, 0.6) is 0 Å². The maximum absolute atomic E-state index is 12.3. The van der Waals surface area contributed by atoms with Crippen molar-refractivity contribution in [3.8, 4) is 0 Å². The first-order valence-electron chi connectivity index (χ1n) is 12.3. The molecular weight excluding hydrogens is 422 g/mol. The van der Waals surface area contributed by atoms with Crippen molar-refractivity contribution in [3.05, 3.63) is 0 Å². The van der Waals surface area contributed by atoms with Crippen LogP contribution in [0, 0.1) is 29.6 Å². The van der Waals surface area contributed by atoms with Gasteiger partial charge in [-0.15, -0.1) is 0 Å². The Bertz CT molecular complexity index is 499. The van der Waals surface area contributed by atoms with E-state index in [0.717, 1.165) is 49.9 Å². The summed E-state index contributed by atoms with van der Waals surface area (Å²) in [5, 5.41) is 13.2. The fraction of sp³-hybridized carbons (Fsp3) is 0.960. The van der Waals surface area contributed by atoms with Crippen LogP contribution in [0.15, 0.2) is 0 Å². The number of hydrogen-bond acceptors (Lipinski definition) is 4. The summed E-state index contributed by atoms with van der Waals surface area (Å²) in [5.41, 5.74) is 5.62. The van der Waals surface area contributed by atoms with E-state index in [2.05, 4.69) is 21.3 Å². The van der Waals surface area contributed by atoms with Gasteiger partial charge in [0.25, 0.3) is 0 Å². The second-order valence-electron chi connectivity index (χ2n) is 10.7. The van der Waals surface area contributed by atoms with Crippen LogP contribution in [0.2, 0.25) is 0 Å². The number of hydrogen-bond donors (Lipinski definition) is 5. The Morgan fingerprint density at radius 1 is 0.812 bits per heavy atom. The minimum absolute atomic E-state index is 0. The van der Waals surface area contributed by atoms with Crippen LogP contribution in [-0.4, -0.2) is 50.8 Å². The Morgan fingerprint density at radius 2 is 1.25 bits per heavy atom. The van der Waals surface area contributed by atoms with Crippen LogP contribution in [0.25, 0.3) is 0 Å². The smallest absolute Gasteiger partial charge is 0.315 e. The molecule has 2 amide bonds. The fourth-order valence-corrected chi connectivity index (χ4v) is 6.99. The highest BCUT2D eigenvalue weighted by atomic mass is 35.5. The molecule has 0 aromatic carbocycles. The molecule has 4 saturated carbocycles. The molecule has 0 atom stereocenters. The summed E-state index contributed by atoms with van der Waals surface area (Å²) >= 11 is 0. The second kappa shape index (κ2) is 14.0. The standard InChI is InChI=1S/C17H29N3O.C6H14N2.2CH4.ClH/c21-16(19-11-12-1-3-18-4-2-12)20-17-8-13-5-14(9-17)7-15(6-13)10-17;7-5-6-1-3-8-4-2-6;;;/h12-15,18H,1-11H2,(H2,19,20,21);6,8H,1-5,7H2;2*1H4;1H/p-1. The lowest BCUT2D eigenvalue weighted by atomic mass is 9.53. The molecule has 6 aliphatic rings. The molecule has 6 N–H and O–H groups in total. The van der Waals surface area contributed by atoms with Crippen molar-refractivity contribution in [2.75, 3.05) is 39.3 Å². The van der Waals surface area contributed by atoms with Gasteiger partial charge in [-0.25, -0.2) is 4.79 Å². The summed E-state index contributed by atoms with van der Waals surface area (Å²) in [6, 6.07) is 0.0930. The highest BCUT2D eigenvalue weighted by Crippen LogP contribution is 2.55. The van der Waals surface area contributed by atoms with Gasteiger partial charge >= 0.3 is 6.03 Å². The van der Waals surface area contributed by atoms with Crippen molar-refractivity contribution in [1.82, 2.24) is 21.3 Å². The number of piperidine rings is 2. The van der Waals surface area contributed by atoms with E-state index in [4.69, 9.17) is 5.73 Å². The van der Waals surface area contributed by atoms with Crippen LogP contribution in [0.4, 0.5) is 4.79 Å². The third-order valence-electron chi connectivity index (χ3n) is 8.22. The average Bonchev–Trinajstić information content (AvgIpc) is 2.73. The Labute approximate surface area is 203 Å². The zero-order valence-corrected chi connectivity index (χ0v) is 19.3. The van der Waals surface area contributed by atoms with Gasteiger partial charge < -0.3 is 39.4 Å². The summed E-state index contributed by atoms with van der Waals surface area (Å²) in [6.45, 7) is 6.26. The largest absolute Gasteiger partial charge is 1.00 e. The zero-order valence-electron chi connectivity index (χ0n) is 18.6. The quantitative estimate of drug-likeness (QED) is 0.411. The SMILES string of the molecule is C.C.NCC1CCNCC1.O=C(NCC1CCNCC1)NC12CC3CC(CC(C3)C1)C2.[Cl-]. The predicted molar refractivity (Wildman–Crippen MR) is 131 cm³/mol. The van der Waals surface area contributed by atoms with Gasteiger partial charge in [0.15, 0.2) is 0 Å². The van der Waals surface area contributed by atoms with Crippen molar-refractivity contribution in [3.63, 3.8) is 0 Å². The molecule has 2 heterocycles. The Hall–Kier alpha value is -0.560. The van der Waals surface area contributed by atoms with Crippen molar-refractivity contribution in [1.29, 1.82) is 0 Å².